The lowest BCUT2D eigenvalue weighted by Gasteiger charge is -2.36. The molecule has 1 unspecified atom stereocenters. The number of hydrogen-bond donors (Lipinski definition) is 2. The zero-order valence-corrected chi connectivity index (χ0v) is 11.2. The second-order valence-electron chi connectivity index (χ2n) is 5.54. The smallest absolute Gasteiger partial charge is 0.227 e. The van der Waals surface area contributed by atoms with Gasteiger partial charge >= 0.3 is 0 Å². The zero-order chi connectivity index (χ0) is 14.1. The molecule has 1 saturated heterocycles. The Morgan fingerprint density at radius 2 is 2.10 bits per heavy atom. The Balaban J connectivity index is 1.56. The summed E-state index contributed by atoms with van der Waals surface area (Å²) >= 11 is 0. The van der Waals surface area contributed by atoms with E-state index >= 15 is 0 Å². The standard InChI is InChI=1S/C15H18N2O3/c18-12-8-17(9-12)14(19)6-5-11-7-10-3-1-2-4-13(10)16-15(11)20/h1-4,11-12,18H,5-9H2,(H,16,20). The van der Waals surface area contributed by atoms with Crippen LogP contribution in [0.2, 0.25) is 0 Å². The summed E-state index contributed by atoms with van der Waals surface area (Å²) in [5, 5.41) is 12.1. The van der Waals surface area contributed by atoms with Gasteiger partial charge < -0.3 is 15.3 Å². The number of β-amino-alcohol motifs (C(OH)–C–C–N with tert-alkyl or cyclic N) is 1. The van der Waals surface area contributed by atoms with Gasteiger partial charge in [0.25, 0.3) is 0 Å². The molecule has 0 bridgehead atoms. The minimum Gasteiger partial charge on any atom is -0.389 e. The highest BCUT2D eigenvalue weighted by molar-refractivity contribution is 5.96. The fourth-order valence-electron chi connectivity index (χ4n) is 2.76. The summed E-state index contributed by atoms with van der Waals surface area (Å²) in [5.74, 6) is -0.109. The average molecular weight is 274 g/mol. The number of nitrogens with one attached hydrogen (secondary N) is 1. The highest BCUT2D eigenvalue weighted by Gasteiger charge is 2.31. The molecule has 106 valence electrons. The van der Waals surface area contributed by atoms with E-state index in [2.05, 4.69) is 5.32 Å². The highest BCUT2D eigenvalue weighted by Crippen LogP contribution is 2.27. The molecule has 0 saturated carbocycles. The van der Waals surface area contributed by atoms with Gasteiger partial charge in [-0.1, -0.05) is 18.2 Å². The van der Waals surface area contributed by atoms with Crippen LogP contribution in [-0.2, 0) is 16.0 Å². The number of benzene rings is 1. The number of aliphatic hydroxyl groups excluding tert-OH is 1. The van der Waals surface area contributed by atoms with E-state index in [4.69, 9.17) is 0 Å². The van der Waals surface area contributed by atoms with Gasteiger partial charge in [0.15, 0.2) is 0 Å². The normalized spacial score (nSPS) is 21.9. The fourth-order valence-corrected chi connectivity index (χ4v) is 2.76. The Bertz CT molecular complexity index is 538. The van der Waals surface area contributed by atoms with E-state index in [9.17, 15) is 14.7 Å². The van der Waals surface area contributed by atoms with Crippen molar-refractivity contribution in [3.05, 3.63) is 29.8 Å². The molecule has 3 rings (SSSR count). The molecule has 5 heteroatoms. The number of para-hydroxylation sites is 1. The van der Waals surface area contributed by atoms with E-state index in [0.29, 0.717) is 32.4 Å². The molecule has 0 radical (unpaired) electrons. The first-order valence-electron chi connectivity index (χ1n) is 6.98. The van der Waals surface area contributed by atoms with Crippen LogP contribution in [0.15, 0.2) is 24.3 Å². The van der Waals surface area contributed by atoms with Crippen LogP contribution >= 0.6 is 0 Å². The Hall–Kier alpha value is -1.88. The molecule has 20 heavy (non-hydrogen) atoms. The minimum absolute atomic E-state index is 0.000133. The molecular weight excluding hydrogens is 256 g/mol. The van der Waals surface area contributed by atoms with Gasteiger partial charge in [0.05, 0.1) is 6.10 Å². The number of hydrogen-bond acceptors (Lipinski definition) is 3. The Kier molecular flexibility index (Phi) is 3.44. The molecule has 1 fully saturated rings. The number of likely N-dealkylation sites (tertiary alicyclic amines) is 1. The summed E-state index contributed by atoms with van der Waals surface area (Å²) < 4.78 is 0. The molecule has 2 aliphatic rings. The Morgan fingerprint density at radius 1 is 1.35 bits per heavy atom. The van der Waals surface area contributed by atoms with Crippen molar-refractivity contribution in [1.82, 2.24) is 4.90 Å². The summed E-state index contributed by atoms with van der Waals surface area (Å²) in [6, 6.07) is 7.77. The van der Waals surface area contributed by atoms with E-state index in [1.54, 1.807) is 4.90 Å². The predicted molar refractivity (Wildman–Crippen MR) is 74.1 cm³/mol. The summed E-state index contributed by atoms with van der Waals surface area (Å²) in [6.45, 7) is 0.858. The van der Waals surface area contributed by atoms with Crippen LogP contribution < -0.4 is 5.32 Å². The largest absolute Gasteiger partial charge is 0.389 e. The first-order valence-corrected chi connectivity index (χ1v) is 6.98. The number of carbonyl (C=O) groups is 2. The predicted octanol–water partition coefficient (Wildman–Crippen LogP) is 0.781. The van der Waals surface area contributed by atoms with Crippen LogP contribution in [0.3, 0.4) is 0 Å². The van der Waals surface area contributed by atoms with Crippen molar-refractivity contribution in [2.24, 2.45) is 5.92 Å². The van der Waals surface area contributed by atoms with Gasteiger partial charge in [0.1, 0.15) is 0 Å². The second kappa shape index (κ2) is 5.25. The molecule has 2 heterocycles. The molecule has 5 nitrogen and oxygen atoms in total. The van der Waals surface area contributed by atoms with Crippen molar-refractivity contribution >= 4 is 17.5 Å². The Morgan fingerprint density at radius 3 is 2.85 bits per heavy atom. The average Bonchev–Trinajstić information content (AvgIpc) is 2.41. The topological polar surface area (TPSA) is 69.6 Å². The van der Waals surface area contributed by atoms with Crippen molar-refractivity contribution in [3.63, 3.8) is 0 Å². The second-order valence-corrected chi connectivity index (χ2v) is 5.54. The summed E-state index contributed by atoms with van der Waals surface area (Å²) in [7, 11) is 0. The summed E-state index contributed by atoms with van der Waals surface area (Å²) in [6.07, 6.45) is 1.25. The van der Waals surface area contributed by atoms with Crippen molar-refractivity contribution < 1.29 is 14.7 Å². The lowest BCUT2D eigenvalue weighted by molar-refractivity contribution is -0.141. The third-order valence-corrected chi connectivity index (χ3v) is 4.03. The van der Waals surface area contributed by atoms with Gasteiger partial charge in [-0.05, 0) is 24.5 Å². The number of rotatable bonds is 3. The maximum Gasteiger partial charge on any atom is 0.227 e. The van der Waals surface area contributed by atoms with Crippen LogP contribution in [0.1, 0.15) is 18.4 Å². The molecule has 0 aromatic heterocycles. The highest BCUT2D eigenvalue weighted by atomic mass is 16.3. The van der Waals surface area contributed by atoms with Gasteiger partial charge in [-0.2, -0.15) is 0 Å². The van der Waals surface area contributed by atoms with E-state index in [1.807, 2.05) is 24.3 Å². The number of nitrogens with zero attached hydrogens (tertiary/aromatic N) is 1. The van der Waals surface area contributed by atoms with Crippen LogP contribution in [0.25, 0.3) is 0 Å². The van der Waals surface area contributed by atoms with Crippen LogP contribution in [0.4, 0.5) is 5.69 Å². The number of carbonyl (C=O) groups excluding carboxylic acids is 2. The molecule has 2 amide bonds. The molecule has 0 spiro atoms. The molecule has 2 aliphatic heterocycles. The summed E-state index contributed by atoms with van der Waals surface area (Å²) in [4.78, 5) is 25.5. The van der Waals surface area contributed by atoms with Crippen LogP contribution in [0.5, 0.6) is 0 Å². The maximum atomic E-state index is 12.0. The van der Waals surface area contributed by atoms with Crippen molar-refractivity contribution in [3.8, 4) is 0 Å². The third-order valence-electron chi connectivity index (χ3n) is 4.03. The Labute approximate surface area is 117 Å². The number of fused-ring (bicyclic) bond motifs is 1. The van der Waals surface area contributed by atoms with Crippen LogP contribution in [0, 0.1) is 5.92 Å². The first kappa shape index (κ1) is 13.1. The molecule has 1 aromatic carbocycles. The summed E-state index contributed by atoms with van der Waals surface area (Å²) in [5.41, 5.74) is 2.01. The van der Waals surface area contributed by atoms with E-state index in [1.165, 1.54) is 0 Å². The molecule has 0 aliphatic carbocycles. The lowest BCUT2D eigenvalue weighted by atomic mass is 9.89. The zero-order valence-electron chi connectivity index (χ0n) is 11.2. The SMILES string of the molecule is O=C1Nc2ccccc2CC1CCC(=O)N1CC(O)C1. The van der Waals surface area contributed by atoms with Gasteiger partial charge in [-0.3, -0.25) is 9.59 Å². The van der Waals surface area contributed by atoms with E-state index < -0.39 is 0 Å². The minimum atomic E-state index is -0.371. The number of anilines is 1. The van der Waals surface area contributed by atoms with E-state index in [0.717, 1.165) is 11.3 Å². The third kappa shape index (κ3) is 2.54. The van der Waals surface area contributed by atoms with Crippen LogP contribution in [-0.4, -0.2) is 41.0 Å². The molecule has 1 aromatic rings. The van der Waals surface area contributed by atoms with Gasteiger partial charge in [0.2, 0.25) is 11.8 Å². The van der Waals surface area contributed by atoms with Crippen molar-refractivity contribution in [2.75, 3.05) is 18.4 Å². The van der Waals surface area contributed by atoms with Gasteiger partial charge in [-0.15, -0.1) is 0 Å². The molecular formula is C15H18N2O3. The first-order chi connectivity index (χ1) is 9.63. The van der Waals surface area contributed by atoms with Crippen molar-refractivity contribution in [2.45, 2.75) is 25.4 Å². The monoisotopic (exact) mass is 274 g/mol. The number of aliphatic hydroxyl groups is 1. The van der Waals surface area contributed by atoms with Crippen molar-refractivity contribution in [1.29, 1.82) is 0 Å². The molecule has 2 N–H and O–H groups in total. The maximum absolute atomic E-state index is 12.0. The lowest BCUT2D eigenvalue weighted by Crippen LogP contribution is -2.53. The van der Waals surface area contributed by atoms with Gasteiger partial charge in [0, 0.05) is 31.1 Å². The number of amides is 2. The fraction of sp³-hybridized carbons (Fsp3) is 0.467. The molecule has 1 atom stereocenters. The van der Waals surface area contributed by atoms with Gasteiger partial charge in [-0.25, -0.2) is 0 Å². The van der Waals surface area contributed by atoms with E-state index in [-0.39, 0.29) is 23.8 Å². The quantitative estimate of drug-likeness (QED) is 0.856.